The standard InChI is InChI=1S/C33H47N5O3/c1-3-5-7-25(4-2)30-23-27(10-11-31(30)41-29-12-13-35-24-29)33(40)38-20-18-37(19-21-38)32(39)26-8-6-9-28(22-26)36-16-14-34-15-17-36/h6,8-11,22-23,25,29,34-35H,3-5,7,12-21,24H2,1-2H3. The zero-order valence-electron chi connectivity index (χ0n) is 24.9. The number of nitrogens with one attached hydrogen (secondary N) is 2. The predicted octanol–water partition coefficient (Wildman–Crippen LogP) is 4.12. The van der Waals surface area contributed by atoms with Crippen molar-refractivity contribution in [3.8, 4) is 5.75 Å². The Labute approximate surface area is 245 Å². The SMILES string of the molecule is CCCCC(CC)c1cc(C(=O)N2CCN(C(=O)c3cccc(N4CCNCC4)c3)CC2)ccc1OC1CCNC1. The number of ether oxygens (including phenoxy) is 1. The Balaban J connectivity index is 1.24. The van der Waals surface area contributed by atoms with E-state index in [0.29, 0.717) is 32.1 Å². The van der Waals surface area contributed by atoms with E-state index in [1.54, 1.807) is 0 Å². The molecule has 222 valence electrons. The highest BCUT2D eigenvalue weighted by molar-refractivity contribution is 5.96. The molecule has 2 unspecified atom stereocenters. The first-order valence-corrected chi connectivity index (χ1v) is 15.7. The van der Waals surface area contributed by atoms with Gasteiger partial charge in [0.15, 0.2) is 0 Å². The van der Waals surface area contributed by atoms with Crippen LogP contribution in [0.2, 0.25) is 0 Å². The van der Waals surface area contributed by atoms with Crippen LogP contribution in [-0.4, -0.2) is 93.2 Å². The van der Waals surface area contributed by atoms with E-state index in [-0.39, 0.29) is 17.9 Å². The van der Waals surface area contributed by atoms with Gasteiger partial charge in [-0.2, -0.15) is 0 Å². The first kappa shape index (κ1) is 29.4. The van der Waals surface area contributed by atoms with Gasteiger partial charge < -0.3 is 30.1 Å². The molecule has 8 heteroatoms. The number of amides is 2. The number of benzene rings is 2. The van der Waals surface area contributed by atoms with E-state index in [1.165, 1.54) is 0 Å². The summed E-state index contributed by atoms with van der Waals surface area (Å²) in [5.41, 5.74) is 3.70. The molecule has 2 aromatic rings. The van der Waals surface area contributed by atoms with Crippen LogP contribution in [0.3, 0.4) is 0 Å². The normalized spacial score (nSPS) is 20.2. The minimum absolute atomic E-state index is 0.0403. The lowest BCUT2D eigenvalue weighted by atomic mass is 9.89. The average Bonchev–Trinajstić information content (AvgIpc) is 3.55. The molecule has 2 aromatic carbocycles. The minimum atomic E-state index is 0.0403. The number of hydrogen-bond acceptors (Lipinski definition) is 6. The highest BCUT2D eigenvalue weighted by Gasteiger charge is 2.28. The number of anilines is 1. The number of hydrogen-bond donors (Lipinski definition) is 2. The Morgan fingerprint density at radius 2 is 1.59 bits per heavy atom. The summed E-state index contributed by atoms with van der Waals surface area (Å²) in [6.45, 7) is 12.3. The van der Waals surface area contributed by atoms with E-state index >= 15 is 0 Å². The lowest BCUT2D eigenvalue weighted by molar-refractivity contribution is 0.0535. The molecule has 3 aliphatic rings. The second-order valence-corrected chi connectivity index (χ2v) is 11.6. The molecular weight excluding hydrogens is 514 g/mol. The molecule has 0 aliphatic carbocycles. The molecule has 3 heterocycles. The van der Waals surface area contributed by atoms with Crippen LogP contribution >= 0.6 is 0 Å². The largest absolute Gasteiger partial charge is 0.489 e. The second-order valence-electron chi connectivity index (χ2n) is 11.6. The molecule has 2 amide bonds. The number of nitrogens with zero attached hydrogens (tertiary/aromatic N) is 3. The highest BCUT2D eigenvalue weighted by Crippen LogP contribution is 2.35. The number of carbonyl (C=O) groups is 2. The third-order valence-corrected chi connectivity index (χ3v) is 8.83. The molecule has 3 fully saturated rings. The second kappa shape index (κ2) is 14.2. The van der Waals surface area contributed by atoms with Crippen LogP contribution in [0.25, 0.3) is 0 Å². The van der Waals surface area contributed by atoms with Crippen LogP contribution in [0.4, 0.5) is 5.69 Å². The van der Waals surface area contributed by atoms with Crippen LogP contribution in [0.1, 0.15) is 78.1 Å². The summed E-state index contributed by atoms with van der Waals surface area (Å²) in [4.78, 5) is 33.1. The molecule has 41 heavy (non-hydrogen) atoms. The molecule has 0 spiro atoms. The first-order chi connectivity index (χ1) is 20.1. The summed E-state index contributed by atoms with van der Waals surface area (Å²) >= 11 is 0. The molecule has 8 nitrogen and oxygen atoms in total. The maximum atomic E-state index is 13.7. The Morgan fingerprint density at radius 3 is 2.22 bits per heavy atom. The molecule has 5 rings (SSSR count). The Hall–Kier alpha value is -3.10. The maximum absolute atomic E-state index is 13.7. The van der Waals surface area contributed by atoms with Crippen molar-refractivity contribution in [1.82, 2.24) is 20.4 Å². The lowest BCUT2D eigenvalue weighted by Crippen LogP contribution is -2.50. The zero-order valence-corrected chi connectivity index (χ0v) is 24.9. The van der Waals surface area contributed by atoms with Gasteiger partial charge in [0.25, 0.3) is 11.8 Å². The lowest BCUT2D eigenvalue weighted by Gasteiger charge is -2.35. The van der Waals surface area contributed by atoms with Crippen molar-refractivity contribution in [2.75, 3.05) is 70.3 Å². The Bertz CT molecular complexity index is 1170. The van der Waals surface area contributed by atoms with Crippen molar-refractivity contribution in [2.45, 2.75) is 58.0 Å². The molecule has 3 saturated heterocycles. The minimum Gasteiger partial charge on any atom is -0.489 e. The van der Waals surface area contributed by atoms with E-state index in [2.05, 4.69) is 41.5 Å². The molecule has 0 aromatic heterocycles. The monoisotopic (exact) mass is 561 g/mol. The third-order valence-electron chi connectivity index (χ3n) is 8.83. The smallest absolute Gasteiger partial charge is 0.254 e. The van der Waals surface area contributed by atoms with E-state index < -0.39 is 0 Å². The quantitative estimate of drug-likeness (QED) is 0.455. The van der Waals surface area contributed by atoms with Crippen molar-refractivity contribution in [2.24, 2.45) is 0 Å². The van der Waals surface area contributed by atoms with Crippen LogP contribution in [-0.2, 0) is 0 Å². The van der Waals surface area contributed by atoms with E-state index in [1.807, 2.05) is 40.1 Å². The van der Waals surface area contributed by atoms with Crippen molar-refractivity contribution in [1.29, 1.82) is 0 Å². The molecule has 2 atom stereocenters. The van der Waals surface area contributed by atoms with Gasteiger partial charge in [-0.3, -0.25) is 9.59 Å². The van der Waals surface area contributed by atoms with Gasteiger partial charge in [0.05, 0.1) is 0 Å². The highest BCUT2D eigenvalue weighted by atomic mass is 16.5. The Kier molecular flexibility index (Phi) is 10.2. The van der Waals surface area contributed by atoms with Crippen molar-refractivity contribution >= 4 is 17.5 Å². The molecule has 0 bridgehead atoms. The van der Waals surface area contributed by atoms with E-state index in [9.17, 15) is 9.59 Å². The molecule has 0 saturated carbocycles. The average molecular weight is 562 g/mol. The van der Waals surface area contributed by atoms with E-state index in [0.717, 1.165) is 99.5 Å². The number of rotatable bonds is 10. The van der Waals surface area contributed by atoms with E-state index in [4.69, 9.17) is 4.74 Å². The molecule has 3 aliphatic heterocycles. The Morgan fingerprint density at radius 1 is 0.878 bits per heavy atom. The summed E-state index contributed by atoms with van der Waals surface area (Å²) in [6.07, 6.45) is 5.63. The van der Waals surface area contributed by atoms with Gasteiger partial charge >= 0.3 is 0 Å². The fourth-order valence-electron chi connectivity index (χ4n) is 6.28. The number of carbonyl (C=O) groups excluding carboxylic acids is 2. The van der Waals surface area contributed by atoms with Gasteiger partial charge in [0, 0.05) is 75.7 Å². The molecule has 0 radical (unpaired) electrons. The number of piperazine rings is 2. The van der Waals surface area contributed by atoms with Gasteiger partial charge in [-0.1, -0.05) is 32.8 Å². The maximum Gasteiger partial charge on any atom is 0.254 e. The first-order valence-electron chi connectivity index (χ1n) is 15.7. The van der Waals surface area contributed by atoms with Gasteiger partial charge in [-0.05, 0) is 73.7 Å². The fraction of sp³-hybridized carbons (Fsp3) is 0.576. The van der Waals surface area contributed by atoms with Crippen molar-refractivity contribution < 1.29 is 14.3 Å². The number of unbranched alkanes of at least 4 members (excludes halogenated alkanes) is 1. The fourth-order valence-corrected chi connectivity index (χ4v) is 6.28. The summed E-state index contributed by atoms with van der Waals surface area (Å²) in [6, 6.07) is 14.0. The van der Waals surface area contributed by atoms with Gasteiger partial charge in [-0.15, -0.1) is 0 Å². The summed E-state index contributed by atoms with van der Waals surface area (Å²) in [5.74, 6) is 1.38. The topological polar surface area (TPSA) is 77.2 Å². The van der Waals surface area contributed by atoms with Gasteiger partial charge in [-0.25, -0.2) is 0 Å². The molecular formula is C33H47N5O3. The third kappa shape index (κ3) is 7.22. The van der Waals surface area contributed by atoms with Crippen LogP contribution in [0.15, 0.2) is 42.5 Å². The zero-order chi connectivity index (χ0) is 28.6. The predicted molar refractivity (Wildman–Crippen MR) is 164 cm³/mol. The van der Waals surface area contributed by atoms with Crippen molar-refractivity contribution in [3.63, 3.8) is 0 Å². The molecule has 2 N–H and O–H groups in total. The van der Waals surface area contributed by atoms with Crippen LogP contribution in [0, 0.1) is 0 Å². The summed E-state index contributed by atoms with van der Waals surface area (Å²) in [7, 11) is 0. The van der Waals surface area contributed by atoms with Crippen LogP contribution in [0.5, 0.6) is 5.75 Å². The van der Waals surface area contributed by atoms with Crippen LogP contribution < -0.4 is 20.3 Å². The van der Waals surface area contributed by atoms with Gasteiger partial charge in [0.1, 0.15) is 11.9 Å². The summed E-state index contributed by atoms with van der Waals surface area (Å²) < 4.78 is 6.44. The van der Waals surface area contributed by atoms with Crippen molar-refractivity contribution in [3.05, 3.63) is 59.2 Å². The van der Waals surface area contributed by atoms with Gasteiger partial charge in [0.2, 0.25) is 0 Å². The summed E-state index contributed by atoms with van der Waals surface area (Å²) in [5, 5.41) is 6.76.